The van der Waals surface area contributed by atoms with Crippen LogP contribution in [0.1, 0.15) is 41.4 Å². The maximum Gasteiger partial charge on any atom is 0.247 e. The number of carbonyl (C=O) groups excluding carboxylic acids is 2. The van der Waals surface area contributed by atoms with Gasteiger partial charge in [-0.25, -0.2) is 13.2 Å². The molecule has 1 aromatic heterocycles. The third-order valence-corrected chi connectivity index (χ3v) is 5.73. The summed E-state index contributed by atoms with van der Waals surface area (Å²) in [5.41, 5.74) is 4.25. The molecule has 190 valence electrons. The molecule has 2 aromatic carbocycles. The minimum atomic E-state index is -1.68. The SMILES string of the molecule is CCCN(CC(=O)Nc1ccc(F)c(F)c1F)C(=O)/C=C/c1c(C)nn(Cc2ccc(C)cc2)c1C. The van der Waals surface area contributed by atoms with E-state index in [1.54, 1.807) is 6.08 Å². The lowest BCUT2D eigenvalue weighted by atomic mass is 10.1. The van der Waals surface area contributed by atoms with Crippen molar-refractivity contribution >= 4 is 23.6 Å². The van der Waals surface area contributed by atoms with E-state index in [1.807, 2.05) is 56.6 Å². The molecule has 0 radical (unpaired) electrons. The summed E-state index contributed by atoms with van der Waals surface area (Å²) in [6.07, 6.45) is 3.62. The summed E-state index contributed by atoms with van der Waals surface area (Å²) < 4.78 is 42.3. The molecule has 0 saturated heterocycles. The van der Waals surface area contributed by atoms with Crippen LogP contribution in [0.2, 0.25) is 0 Å². The van der Waals surface area contributed by atoms with Crippen LogP contribution >= 0.6 is 0 Å². The Morgan fingerprint density at radius 2 is 1.72 bits per heavy atom. The van der Waals surface area contributed by atoms with Crippen molar-refractivity contribution in [1.82, 2.24) is 14.7 Å². The zero-order valence-corrected chi connectivity index (χ0v) is 20.7. The second kappa shape index (κ2) is 11.7. The van der Waals surface area contributed by atoms with Gasteiger partial charge in [0.05, 0.1) is 17.9 Å². The van der Waals surface area contributed by atoms with E-state index in [1.165, 1.54) is 16.5 Å². The van der Waals surface area contributed by atoms with Gasteiger partial charge in [-0.2, -0.15) is 5.10 Å². The summed E-state index contributed by atoms with van der Waals surface area (Å²) in [5.74, 6) is -5.67. The van der Waals surface area contributed by atoms with Gasteiger partial charge in [-0.15, -0.1) is 0 Å². The Kier molecular flexibility index (Phi) is 8.68. The molecular formula is C27H29F3N4O2. The van der Waals surface area contributed by atoms with Crippen molar-refractivity contribution in [2.75, 3.05) is 18.4 Å². The Morgan fingerprint density at radius 1 is 1.03 bits per heavy atom. The van der Waals surface area contributed by atoms with Crippen LogP contribution < -0.4 is 5.32 Å². The van der Waals surface area contributed by atoms with Gasteiger partial charge in [-0.3, -0.25) is 14.3 Å². The van der Waals surface area contributed by atoms with Crippen LogP contribution in [0.4, 0.5) is 18.9 Å². The van der Waals surface area contributed by atoms with Crippen molar-refractivity contribution < 1.29 is 22.8 Å². The molecule has 0 bridgehead atoms. The summed E-state index contributed by atoms with van der Waals surface area (Å²) in [7, 11) is 0. The van der Waals surface area contributed by atoms with Crippen molar-refractivity contribution in [1.29, 1.82) is 0 Å². The summed E-state index contributed by atoms with van der Waals surface area (Å²) in [6, 6.07) is 9.82. The lowest BCUT2D eigenvalue weighted by Crippen LogP contribution is -2.37. The van der Waals surface area contributed by atoms with Crippen LogP contribution in [0, 0.1) is 38.2 Å². The number of aromatic nitrogens is 2. The Bertz CT molecular complexity index is 1280. The molecule has 0 aliphatic rings. The number of benzene rings is 2. The first-order valence-corrected chi connectivity index (χ1v) is 11.6. The Morgan fingerprint density at radius 3 is 2.39 bits per heavy atom. The number of hydrogen-bond donors (Lipinski definition) is 1. The number of carbonyl (C=O) groups is 2. The Labute approximate surface area is 208 Å². The molecule has 0 fully saturated rings. The van der Waals surface area contributed by atoms with E-state index in [-0.39, 0.29) is 13.1 Å². The smallest absolute Gasteiger partial charge is 0.247 e. The van der Waals surface area contributed by atoms with Gasteiger partial charge in [0.2, 0.25) is 11.8 Å². The highest BCUT2D eigenvalue weighted by Gasteiger charge is 2.19. The van der Waals surface area contributed by atoms with E-state index in [0.717, 1.165) is 34.6 Å². The molecule has 0 aliphatic heterocycles. The van der Waals surface area contributed by atoms with Crippen molar-refractivity contribution in [3.8, 4) is 0 Å². The van der Waals surface area contributed by atoms with Gasteiger partial charge in [0, 0.05) is 23.9 Å². The van der Waals surface area contributed by atoms with E-state index >= 15 is 0 Å². The molecule has 6 nitrogen and oxygen atoms in total. The molecule has 0 aliphatic carbocycles. The molecular weight excluding hydrogens is 469 g/mol. The molecule has 3 rings (SSSR count). The van der Waals surface area contributed by atoms with Gasteiger partial charge in [0.25, 0.3) is 0 Å². The normalized spacial score (nSPS) is 11.2. The zero-order chi connectivity index (χ0) is 26.4. The molecule has 3 aromatic rings. The summed E-state index contributed by atoms with van der Waals surface area (Å²) in [4.78, 5) is 26.6. The fraction of sp³-hybridized carbons (Fsp3) is 0.296. The Hall–Kier alpha value is -3.88. The second-order valence-corrected chi connectivity index (χ2v) is 8.59. The van der Waals surface area contributed by atoms with E-state index in [4.69, 9.17) is 0 Å². The van der Waals surface area contributed by atoms with Gasteiger partial charge in [0.1, 0.15) is 6.54 Å². The molecule has 0 atom stereocenters. The van der Waals surface area contributed by atoms with Crippen LogP contribution in [0.25, 0.3) is 6.08 Å². The second-order valence-electron chi connectivity index (χ2n) is 8.59. The van der Waals surface area contributed by atoms with E-state index in [2.05, 4.69) is 10.4 Å². The molecule has 1 N–H and O–H groups in total. The first-order valence-electron chi connectivity index (χ1n) is 11.6. The van der Waals surface area contributed by atoms with Crippen LogP contribution in [0.3, 0.4) is 0 Å². The summed E-state index contributed by atoms with van der Waals surface area (Å²) in [5, 5.41) is 6.78. The fourth-order valence-electron chi connectivity index (χ4n) is 3.75. The predicted molar refractivity (Wildman–Crippen MR) is 133 cm³/mol. The highest BCUT2D eigenvalue weighted by molar-refractivity contribution is 5.98. The topological polar surface area (TPSA) is 67.2 Å². The number of halogens is 3. The van der Waals surface area contributed by atoms with Gasteiger partial charge in [-0.05, 0) is 51.0 Å². The first-order chi connectivity index (χ1) is 17.1. The number of nitrogens with one attached hydrogen (secondary N) is 1. The monoisotopic (exact) mass is 498 g/mol. The molecule has 0 unspecified atom stereocenters. The molecule has 9 heteroatoms. The van der Waals surface area contributed by atoms with Gasteiger partial charge < -0.3 is 10.2 Å². The summed E-state index contributed by atoms with van der Waals surface area (Å²) in [6.45, 7) is 8.15. The van der Waals surface area contributed by atoms with Gasteiger partial charge in [0.15, 0.2) is 17.5 Å². The predicted octanol–water partition coefficient (Wildman–Crippen LogP) is 5.16. The minimum Gasteiger partial charge on any atom is -0.330 e. The summed E-state index contributed by atoms with van der Waals surface area (Å²) >= 11 is 0. The van der Waals surface area contributed by atoms with Crippen molar-refractivity contribution in [3.05, 3.63) is 88.0 Å². The maximum absolute atomic E-state index is 13.9. The average Bonchev–Trinajstić information content (AvgIpc) is 3.11. The third-order valence-electron chi connectivity index (χ3n) is 5.73. The first kappa shape index (κ1) is 26.7. The average molecular weight is 499 g/mol. The van der Waals surface area contributed by atoms with Crippen molar-refractivity contribution in [2.24, 2.45) is 0 Å². The number of hydrogen-bond acceptors (Lipinski definition) is 3. The number of nitrogens with zero attached hydrogens (tertiary/aromatic N) is 3. The van der Waals surface area contributed by atoms with E-state index in [0.29, 0.717) is 13.0 Å². The third kappa shape index (κ3) is 6.41. The standard InChI is InChI=1S/C27H29F3N4O2/c1-5-14-33(16-24(35)31-23-12-11-22(28)26(29)27(23)30)25(36)13-10-21-18(3)32-34(19(21)4)15-20-8-6-17(2)7-9-20/h6-13H,5,14-16H2,1-4H3,(H,31,35)/b13-10+. The largest absolute Gasteiger partial charge is 0.330 e. The Balaban J connectivity index is 1.70. The van der Waals surface area contributed by atoms with Crippen molar-refractivity contribution in [3.63, 3.8) is 0 Å². The zero-order valence-electron chi connectivity index (χ0n) is 20.7. The highest BCUT2D eigenvalue weighted by atomic mass is 19.2. The lowest BCUT2D eigenvalue weighted by Gasteiger charge is -2.20. The quantitative estimate of drug-likeness (QED) is 0.327. The highest BCUT2D eigenvalue weighted by Crippen LogP contribution is 2.20. The number of aryl methyl sites for hydroxylation is 2. The molecule has 1 heterocycles. The van der Waals surface area contributed by atoms with Crippen LogP contribution in [0.15, 0.2) is 42.5 Å². The molecule has 2 amide bonds. The number of amides is 2. The number of rotatable bonds is 9. The molecule has 0 saturated carbocycles. The van der Waals surface area contributed by atoms with Gasteiger partial charge >= 0.3 is 0 Å². The van der Waals surface area contributed by atoms with Crippen LogP contribution in [0.5, 0.6) is 0 Å². The number of anilines is 1. The van der Waals surface area contributed by atoms with E-state index in [9.17, 15) is 22.8 Å². The maximum atomic E-state index is 13.9. The van der Waals surface area contributed by atoms with Crippen LogP contribution in [-0.4, -0.2) is 39.6 Å². The lowest BCUT2D eigenvalue weighted by molar-refractivity contribution is -0.130. The molecule has 0 spiro atoms. The van der Waals surface area contributed by atoms with E-state index < -0.39 is 35.0 Å². The van der Waals surface area contributed by atoms with Crippen molar-refractivity contribution in [2.45, 2.75) is 40.7 Å². The minimum absolute atomic E-state index is 0.279. The molecule has 36 heavy (non-hydrogen) atoms. The fourth-order valence-corrected chi connectivity index (χ4v) is 3.75. The van der Waals surface area contributed by atoms with Gasteiger partial charge in [-0.1, -0.05) is 36.8 Å². The van der Waals surface area contributed by atoms with Crippen LogP contribution in [-0.2, 0) is 16.1 Å².